The zero-order valence-corrected chi connectivity index (χ0v) is 12.9. The van der Waals surface area contributed by atoms with E-state index >= 15 is 0 Å². The Morgan fingerprint density at radius 1 is 1.50 bits per heavy atom. The second-order valence-electron chi connectivity index (χ2n) is 4.77. The molecule has 1 aromatic carbocycles. The van der Waals surface area contributed by atoms with Crippen molar-refractivity contribution in [1.82, 2.24) is 0 Å². The van der Waals surface area contributed by atoms with Gasteiger partial charge in [0.05, 0.1) is 11.6 Å². The first-order valence-electron chi connectivity index (χ1n) is 5.71. The van der Waals surface area contributed by atoms with E-state index in [2.05, 4.69) is 15.9 Å². The summed E-state index contributed by atoms with van der Waals surface area (Å²) in [6.07, 6.45) is 1.59. The standard InChI is InChI=1S/C13H17BrFNOS/c1-13(2,12(16)18)6-3-7-17-11-8-9(14)4-5-10(11)15/h4-5,8H,3,6-7H2,1-2H3,(H2,16,18). The Balaban J connectivity index is 2.43. The summed E-state index contributed by atoms with van der Waals surface area (Å²) < 4.78 is 19.6. The Labute approximate surface area is 121 Å². The Morgan fingerprint density at radius 2 is 2.17 bits per heavy atom. The summed E-state index contributed by atoms with van der Waals surface area (Å²) in [5, 5.41) is 0. The van der Waals surface area contributed by atoms with E-state index in [1.807, 2.05) is 13.8 Å². The van der Waals surface area contributed by atoms with Crippen LogP contribution in [0.1, 0.15) is 26.7 Å². The van der Waals surface area contributed by atoms with Gasteiger partial charge in [-0.05, 0) is 31.0 Å². The highest BCUT2D eigenvalue weighted by atomic mass is 79.9. The van der Waals surface area contributed by atoms with Crippen LogP contribution in [0.2, 0.25) is 0 Å². The summed E-state index contributed by atoms with van der Waals surface area (Å²) in [5.74, 6) is -0.0932. The minimum absolute atomic E-state index is 0.186. The number of rotatable bonds is 6. The molecule has 0 amide bonds. The summed E-state index contributed by atoms with van der Waals surface area (Å²) in [6, 6.07) is 4.63. The fraction of sp³-hybridized carbons (Fsp3) is 0.462. The van der Waals surface area contributed by atoms with Crippen LogP contribution >= 0.6 is 28.1 Å². The third kappa shape index (κ3) is 4.53. The van der Waals surface area contributed by atoms with E-state index in [4.69, 9.17) is 22.7 Å². The molecule has 100 valence electrons. The highest BCUT2D eigenvalue weighted by Crippen LogP contribution is 2.25. The summed E-state index contributed by atoms with van der Waals surface area (Å²) in [6.45, 7) is 4.43. The lowest BCUT2D eigenvalue weighted by molar-refractivity contribution is 0.276. The van der Waals surface area contributed by atoms with E-state index in [9.17, 15) is 4.39 Å². The molecular weight excluding hydrogens is 317 g/mol. The van der Waals surface area contributed by atoms with E-state index in [0.29, 0.717) is 11.6 Å². The number of nitrogens with two attached hydrogens (primary N) is 1. The van der Waals surface area contributed by atoms with Crippen LogP contribution in [0.25, 0.3) is 0 Å². The van der Waals surface area contributed by atoms with Crippen LogP contribution in [0.5, 0.6) is 5.75 Å². The predicted molar refractivity (Wildman–Crippen MR) is 79.4 cm³/mol. The van der Waals surface area contributed by atoms with E-state index in [0.717, 1.165) is 17.3 Å². The van der Waals surface area contributed by atoms with Crippen LogP contribution in [-0.2, 0) is 0 Å². The number of hydrogen-bond acceptors (Lipinski definition) is 2. The highest BCUT2D eigenvalue weighted by molar-refractivity contribution is 9.10. The Morgan fingerprint density at radius 3 is 2.78 bits per heavy atom. The van der Waals surface area contributed by atoms with Crippen molar-refractivity contribution < 1.29 is 9.13 Å². The van der Waals surface area contributed by atoms with Gasteiger partial charge in [-0.15, -0.1) is 0 Å². The van der Waals surface area contributed by atoms with Gasteiger partial charge in [0.1, 0.15) is 0 Å². The summed E-state index contributed by atoms with van der Waals surface area (Å²) >= 11 is 8.26. The maximum absolute atomic E-state index is 13.4. The Hall–Kier alpha value is -0.680. The lowest BCUT2D eigenvalue weighted by Gasteiger charge is -2.22. The van der Waals surface area contributed by atoms with Crippen LogP contribution in [0, 0.1) is 11.2 Å². The third-order valence-corrected chi connectivity index (χ3v) is 3.81. The molecule has 5 heteroatoms. The fourth-order valence-corrected chi connectivity index (χ4v) is 1.85. The summed E-state index contributed by atoms with van der Waals surface area (Å²) in [4.78, 5) is 0.496. The average molecular weight is 334 g/mol. The lowest BCUT2D eigenvalue weighted by Crippen LogP contribution is -2.30. The van der Waals surface area contributed by atoms with Crippen molar-refractivity contribution in [2.45, 2.75) is 26.7 Å². The van der Waals surface area contributed by atoms with E-state index < -0.39 is 0 Å². The van der Waals surface area contributed by atoms with Crippen molar-refractivity contribution in [2.75, 3.05) is 6.61 Å². The lowest BCUT2D eigenvalue weighted by atomic mass is 9.88. The topological polar surface area (TPSA) is 35.2 Å². The van der Waals surface area contributed by atoms with Gasteiger partial charge >= 0.3 is 0 Å². The molecule has 0 unspecified atom stereocenters. The van der Waals surface area contributed by atoms with Crippen LogP contribution in [0.15, 0.2) is 22.7 Å². The van der Waals surface area contributed by atoms with Gasteiger partial charge in [-0.3, -0.25) is 0 Å². The monoisotopic (exact) mass is 333 g/mol. The maximum Gasteiger partial charge on any atom is 0.165 e. The summed E-state index contributed by atoms with van der Waals surface area (Å²) in [5.41, 5.74) is 5.45. The Kier molecular flexibility index (Phi) is 5.53. The maximum atomic E-state index is 13.4. The molecule has 1 aromatic rings. The molecule has 0 aliphatic heterocycles. The predicted octanol–water partition coefficient (Wildman–Crippen LogP) is 4.06. The van der Waals surface area contributed by atoms with Crippen molar-refractivity contribution in [3.8, 4) is 5.75 Å². The van der Waals surface area contributed by atoms with Crippen LogP contribution in [-0.4, -0.2) is 11.6 Å². The minimum atomic E-state index is -0.355. The highest BCUT2D eigenvalue weighted by Gasteiger charge is 2.20. The molecule has 0 aliphatic carbocycles. The van der Waals surface area contributed by atoms with Crippen molar-refractivity contribution >= 4 is 33.1 Å². The number of hydrogen-bond donors (Lipinski definition) is 1. The molecule has 0 aromatic heterocycles. The van der Waals surface area contributed by atoms with Gasteiger partial charge in [0.25, 0.3) is 0 Å². The molecule has 0 fully saturated rings. The van der Waals surface area contributed by atoms with Gasteiger partial charge in [-0.25, -0.2) is 4.39 Å². The smallest absolute Gasteiger partial charge is 0.165 e. The van der Waals surface area contributed by atoms with Gasteiger partial charge < -0.3 is 10.5 Å². The first-order valence-corrected chi connectivity index (χ1v) is 6.91. The van der Waals surface area contributed by atoms with Gasteiger partial charge in [0.15, 0.2) is 11.6 Å². The number of ether oxygens (including phenoxy) is 1. The molecule has 0 spiro atoms. The molecule has 1 rings (SSSR count). The normalized spacial score (nSPS) is 11.3. The van der Waals surface area contributed by atoms with Crippen LogP contribution in [0.4, 0.5) is 4.39 Å². The van der Waals surface area contributed by atoms with Crippen LogP contribution in [0.3, 0.4) is 0 Å². The molecule has 0 heterocycles. The van der Waals surface area contributed by atoms with Crippen molar-refractivity contribution in [2.24, 2.45) is 11.1 Å². The number of benzene rings is 1. The molecule has 0 bridgehead atoms. The second-order valence-corrected chi connectivity index (χ2v) is 6.13. The fourth-order valence-electron chi connectivity index (χ4n) is 1.41. The van der Waals surface area contributed by atoms with Crippen LogP contribution < -0.4 is 10.5 Å². The zero-order chi connectivity index (χ0) is 13.8. The third-order valence-electron chi connectivity index (χ3n) is 2.76. The molecule has 2 nitrogen and oxygen atoms in total. The number of halogens is 2. The van der Waals surface area contributed by atoms with Crippen molar-refractivity contribution in [3.05, 3.63) is 28.5 Å². The van der Waals surface area contributed by atoms with E-state index in [1.165, 1.54) is 6.07 Å². The van der Waals surface area contributed by atoms with Gasteiger partial charge in [-0.2, -0.15) is 0 Å². The molecule has 0 saturated carbocycles. The van der Waals surface area contributed by atoms with Gasteiger partial charge in [0.2, 0.25) is 0 Å². The molecule has 0 radical (unpaired) electrons. The first kappa shape index (κ1) is 15.4. The van der Waals surface area contributed by atoms with Crippen molar-refractivity contribution in [1.29, 1.82) is 0 Å². The second kappa shape index (κ2) is 6.48. The molecule has 2 N–H and O–H groups in total. The van der Waals surface area contributed by atoms with Gasteiger partial charge in [-0.1, -0.05) is 42.0 Å². The SMILES string of the molecule is CC(C)(CCCOc1cc(Br)ccc1F)C(N)=S. The van der Waals surface area contributed by atoms with E-state index in [-0.39, 0.29) is 17.0 Å². The largest absolute Gasteiger partial charge is 0.490 e. The molecular formula is C13H17BrFNOS. The molecule has 18 heavy (non-hydrogen) atoms. The minimum Gasteiger partial charge on any atom is -0.490 e. The molecule has 0 aliphatic rings. The number of thiocarbonyl (C=S) groups is 1. The first-order chi connectivity index (χ1) is 8.33. The molecule has 0 atom stereocenters. The van der Waals surface area contributed by atoms with E-state index in [1.54, 1.807) is 12.1 Å². The van der Waals surface area contributed by atoms with Crippen molar-refractivity contribution in [3.63, 3.8) is 0 Å². The average Bonchev–Trinajstić information content (AvgIpc) is 2.28. The summed E-state index contributed by atoms with van der Waals surface area (Å²) in [7, 11) is 0. The quantitative estimate of drug-likeness (QED) is 0.629. The Bertz CT molecular complexity index is 437. The van der Waals surface area contributed by atoms with Gasteiger partial charge in [0, 0.05) is 9.89 Å². The zero-order valence-electron chi connectivity index (χ0n) is 10.5. The molecule has 0 saturated heterocycles.